The predicted octanol–water partition coefficient (Wildman–Crippen LogP) is 2.82. The van der Waals surface area contributed by atoms with E-state index in [9.17, 15) is 9.59 Å². The Hall–Kier alpha value is -2.90. The van der Waals surface area contributed by atoms with Gasteiger partial charge in [0.25, 0.3) is 0 Å². The highest BCUT2D eigenvalue weighted by molar-refractivity contribution is 5.94. The maximum absolute atomic E-state index is 12.5. The minimum Gasteiger partial charge on any atom is -0.495 e. The van der Waals surface area contributed by atoms with Crippen molar-refractivity contribution in [2.45, 2.75) is 20.8 Å². The first-order valence-corrected chi connectivity index (χ1v) is 10.6. The van der Waals surface area contributed by atoms with Crippen LogP contribution < -0.4 is 15.4 Å². The Kier molecular flexibility index (Phi) is 7.65. The average Bonchev–Trinajstić information content (AvgIpc) is 2.73. The quantitative estimate of drug-likeness (QED) is 0.715. The molecule has 31 heavy (non-hydrogen) atoms. The SMILES string of the molecule is COc1ccc(C)cc1NC(=O)CN1CCN(CC(=O)Nc2cccc(C)c2C)CC1. The van der Waals surface area contributed by atoms with Gasteiger partial charge in [-0.2, -0.15) is 0 Å². The van der Waals surface area contributed by atoms with Crippen LogP contribution in [0.25, 0.3) is 0 Å². The average molecular weight is 425 g/mol. The van der Waals surface area contributed by atoms with Crippen LogP contribution in [0.15, 0.2) is 36.4 Å². The van der Waals surface area contributed by atoms with Crippen LogP contribution in [0.4, 0.5) is 11.4 Å². The number of amides is 2. The number of rotatable bonds is 7. The van der Waals surface area contributed by atoms with Crippen molar-refractivity contribution < 1.29 is 14.3 Å². The molecule has 0 saturated carbocycles. The Labute approximate surface area is 184 Å². The molecule has 1 aliphatic rings. The van der Waals surface area contributed by atoms with Crippen molar-refractivity contribution in [2.24, 2.45) is 0 Å². The van der Waals surface area contributed by atoms with E-state index in [-0.39, 0.29) is 11.8 Å². The van der Waals surface area contributed by atoms with Crippen molar-refractivity contribution in [1.29, 1.82) is 0 Å². The number of anilines is 2. The van der Waals surface area contributed by atoms with Gasteiger partial charge in [0.2, 0.25) is 11.8 Å². The van der Waals surface area contributed by atoms with Crippen LogP contribution in [0.5, 0.6) is 5.75 Å². The fourth-order valence-corrected chi connectivity index (χ4v) is 3.70. The second-order valence-electron chi connectivity index (χ2n) is 8.10. The summed E-state index contributed by atoms with van der Waals surface area (Å²) in [5.74, 6) is 0.579. The van der Waals surface area contributed by atoms with E-state index in [0.29, 0.717) is 24.5 Å². The first kappa shape index (κ1) is 22.8. The molecule has 0 atom stereocenters. The normalized spacial score (nSPS) is 14.8. The molecule has 0 bridgehead atoms. The van der Waals surface area contributed by atoms with Crippen molar-refractivity contribution in [2.75, 3.05) is 57.0 Å². The zero-order chi connectivity index (χ0) is 22.4. The van der Waals surface area contributed by atoms with Crippen molar-refractivity contribution in [3.05, 3.63) is 53.1 Å². The summed E-state index contributed by atoms with van der Waals surface area (Å²) in [5, 5.41) is 5.96. The lowest BCUT2D eigenvalue weighted by Crippen LogP contribution is -2.50. The maximum atomic E-state index is 12.5. The number of benzene rings is 2. The highest BCUT2D eigenvalue weighted by atomic mass is 16.5. The number of carbonyl (C=O) groups excluding carboxylic acids is 2. The Bertz CT molecular complexity index is 936. The largest absolute Gasteiger partial charge is 0.495 e. The van der Waals surface area contributed by atoms with Gasteiger partial charge in [0, 0.05) is 31.9 Å². The van der Waals surface area contributed by atoms with E-state index >= 15 is 0 Å². The van der Waals surface area contributed by atoms with Gasteiger partial charge >= 0.3 is 0 Å². The van der Waals surface area contributed by atoms with Gasteiger partial charge < -0.3 is 15.4 Å². The monoisotopic (exact) mass is 424 g/mol. The molecule has 2 aromatic carbocycles. The lowest BCUT2D eigenvalue weighted by Gasteiger charge is -2.33. The molecule has 1 fully saturated rings. The van der Waals surface area contributed by atoms with E-state index in [0.717, 1.165) is 48.6 Å². The smallest absolute Gasteiger partial charge is 0.238 e. The van der Waals surface area contributed by atoms with Crippen LogP contribution in [0, 0.1) is 20.8 Å². The van der Waals surface area contributed by atoms with Crippen LogP contribution in [-0.4, -0.2) is 68.0 Å². The first-order chi connectivity index (χ1) is 14.9. The van der Waals surface area contributed by atoms with E-state index in [1.807, 2.05) is 57.2 Å². The minimum absolute atomic E-state index is 0.00793. The molecule has 0 spiro atoms. The Balaban J connectivity index is 1.44. The molecule has 7 nitrogen and oxygen atoms in total. The zero-order valence-corrected chi connectivity index (χ0v) is 18.8. The number of nitrogens with one attached hydrogen (secondary N) is 2. The molecule has 0 aromatic heterocycles. The third kappa shape index (κ3) is 6.29. The second-order valence-corrected chi connectivity index (χ2v) is 8.10. The molecule has 7 heteroatoms. The molecule has 1 aliphatic heterocycles. The molecule has 166 valence electrons. The first-order valence-electron chi connectivity index (χ1n) is 10.6. The molecule has 0 aliphatic carbocycles. The summed E-state index contributed by atoms with van der Waals surface area (Å²) in [6.07, 6.45) is 0. The van der Waals surface area contributed by atoms with Gasteiger partial charge in [-0.15, -0.1) is 0 Å². The fourth-order valence-electron chi connectivity index (χ4n) is 3.70. The molecular formula is C24H32N4O3. The second kappa shape index (κ2) is 10.4. The summed E-state index contributed by atoms with van der Waals surface area (Å²) in [5.41, 5.74) is 4.87. The summed E-state index contributed by atoms with van der Waals surface area (Å²) in [6.45, 7) is 9.70. The van der Waals surface area contributed by atoms with Crippen molar-refractivity contribution in [3.63, 3.8) is 0 Å². The number of methoxy groups -OCH3 is 1. The van der Waals surface area contributed by atoms with E-state index < -0.39 is 0 Å². The Morgan fingerprint density at radius 2 is 1.45 bits per heavy atom. The number of ether oxygens (including phenoxy) is 1. The number of piperazine rings is 1. The number of hydrogen-bond acceptors (Lipinski definition) is 5. The van der Waals surface area contributed by atoms with Gasteiger partial charge in [0.05, 0.1) is 25.9 Å². The van der Waals surface area contributed by atoms with Crippen LogP contribution in [0.3, 0.4) is 0 Å². The van der Waals surface area contributed by atoms with Gasteiger partial charge in [0.15, 0.2) is 0 Å². The third-order valence-corrected chi connectivity index (χ3v) is 5.71. The molecule has 2 aromatic rings. The summed E-state index contributed by atoms with van der Waals surface area (Å²) >= 11 is 0. The summed E-state index contributed by atoms with van der Waals surface area (Å²) in [6, 6.07) is 11.6. The van der Waals surface area contributed by atoms with Gasteiger partial charge in [-0.05, 0) is 55.7 Å². The van der Waals surface area contributed by atoms with Crippen molar-refractivity contribution in [3.8, 4) is 5.75 Å². The van der Waals surface area contributed by atoms with Gasteiger partial charge in [-0.3, -0.25) is 19.4 Å². The van der Waals surface area contributed by atoms with E-state index in [1.54, 1.807) is 7.11 Å². The number of nitrogens with zero attached hydrogens (tertiary/aromatic N) is 2. The molecule has 0 unspecified atom stereocenters. The van der Waals surface area contributed by atoms with E-state index in [4.69, 9.17) is 4.74 Å². The van der Waals surface area contributed by atoms with Gasteiger partial charge in [-0.25, -0.2) is 0 Å². The lowest BCUT2D eigenvalue weighted by atomic mass is 10.1. The summed E-state index contributed by atoms with van der Waals surface area (Å²) in [7, 11) is 1.59. The summed E-state index contributed by atoms with van der Waals surface area (Å²) < 4.78 is 5.33. The number of hydrogen-bond donors (Lipinski definition) is 2. The number of aryl methyl sites for hydroxylation is 2. The van der Waals surface area contributed by atoms with Gasteiger partial charge in [-0.1, -0.05) is 18.2 Å². The standard InChI is InChI=1S/C24H32N4O3/c1-17-8-9-22(31-4)21(14-17)26-24(30)16-28-12-10-27(11-13-28)15-23(29)25-20-7-5-6-18(2)19(20)3/h5-9,14H,10-13,15-16H2,1-4H3,(H,25,29)(H,26,30). The molecule has 1 heterocycles. The molecule has 2 amide bonds. The molecular weight excluding hydrogens is 392 g/mol. The lowest BCUT2D eigenvalue weighted by molar-refractivity contribution is -0.120. The molecule has 2 N–H and O–H groups in total. The van der Waals surface area contributed by atoms with Crippen LogP contribution >= 0.6 is 0 Å². The van der Waals surface area contributed by atoms with Crippen LogP contribution in [0.2, 0.25) is 0 Å². The van der Waals surface area contributed by atoms with E-state index in [1.165, 1.54) is 0 Å². The van der Waals surface area contributed by atoms with Crippen LogP contribution in [-0.2, 0) is 9.59 Å². The third-order valence-electron chi connectivity index (χ3n) is 5.71. The van der Waals surface area contributed by atoms with Gasteiger partial charge in [0.1, 0.15) is 5.75 Å². The topological polar surface area (TPSA) is 73.9 Å². The Morgan fingerprint density at radius 3 is 2.03 bits per heavy atom. The maximum Gasteiger partial charge on any atom is 0.238 e. The minimum atomic E-state index is -0.0648. The predicted molar refractivity (Wildman–Crippen MR) is 124 cm³/mol. The highest BCUT2D eigenvalue weighted by Crippen LogP contribution is 2.25. The molecule has 3 rings (SSSR count). The zero-order valence-electron chi connectivity index (χ0n) is 18.8. The number of carbonyl (C=O) groups is 2. The molecule has 1 saturated heterocycles. The highest BCUT2D eigenvalue weighted by Gasteiger charge is 2.21. The molecule has 0 radical (unpaired) electrons. The fraction of sp³-hybridized carbons (Fsp3) is 0.417. The van der Waals surface area contributed by atoms with Crippen LogP contribution in [0.1, 0.15) is 16.7 Å². The Morgan fingerprint density at radius 1 is 0.871 bits per heavy atom. The van der Waals surface area contributed by atoms with Crippen molar-refractivity contribution in [1.82, 2.24) is 9.80 Å². The van der Waals surface area contributed by atoms with E-state index in [2.05, 4.69) is 20.4 Å². The van der Waals surface area contributed by atoms with Crippen molar-refractivity contribution >= 4 is 23.2 Å². The summed E-state index contributed by atoms with van der Waals surface area (Å²) in [4.78, 5) is 29.2.